The lowest BCUT2D eigenvalue weighted by molar-refractivity contribution is -0.133. The lowest BCUT2D eigenvalue weighted by Gasteiger charge is -2.32. The number of para-hydroxylation sites is 1. The molecule has 1 amide bonds. The van der Waals surface area contributed by atoms with Crippen molar-refractivity contribution in [3.05, 3.63) is 48.5 Å². The van der Waals surface area contributed by atoms with Crippen LogP contribution in [0.5, 0.6) is 5.88 Å². The average molecular weight is 338 g/mol. The molecule has 1 saturated heterocycles. The predicted molar refractivity (Wildman–Crippen MR) is 90.0 cm³/mol. The van der Waals surface area contributed by atoms with E-state index in [9.17, 15) is 4.79 Å². The number of benzene rings is 1. The van der Waals surface area contributed by atoms with Crippen LogP contribution in [0.25, 0.3) is 11.0 Å². The van der Waals surface area contributed by atoms with E-state index in [1.807, 2.05) is 29.2 Å². The van der Waals surface area contributed by atoms with Crippen molar-refractivity contribution >= 4 is 16.9 Å². The molecular weight excluding hydrogens is 320 g/mol. The van der Waals surface area contributed by atoms with E-state index in [0.717, 1.165) is 24.8 Å². The first-order valence-corrected chi connectivity index (χ1v) is 8.33. The fraction of sp³-hybridized carbons (Fsp3) is 0.333. The Morgan fingerprint density at radius 3 is 3.12 bits per heavy atom. The third kappa shape index (κ3) is 3.45. The van der Waals surface area contributed by atoms with Gasteiger partial charge in [0.05, 0.1) is 19.2 Å². The summed E-state index contributed by atoms with van der Waals surface area (Å²) >= 11 is 0. The van der Waals surface area contributed by atoms with Crippen LogP contribution in [0.4, 0.5) is 0 Å². The van der Waals surface area contributed by atoms with E-state index in [4.69, 9.17) is 9.26 Å². The number of fused-ring (bicyclic) bond motifs is 1. The number of likely N-dealkylation sites (tertiary alicyclic amines) is 1. The Balaban J connectivity index is 1.41. The quantitative estimate of drug-likeness (QED) is 0.725. The number of rotatable bonds is 4. The van der Waals surface area contributed by atoms with Crippen molar-refractivity contribution < 1.29 is 14.1 Å². The molecule has 3 aromatic rings. The van der Waals surface area contributed by atoms with Gasteiger partial charge in [0, 0.05) is 24.3 Å². The Bertz CT molecular complexity index is 865. The number of nitrogens with zero attached hydrogens (tertiary/aromatic N) is 4. The molecule has 2 aromatic heterocycles. The standard InChI is InChI=1S/C18H18N4O3/c23-18(10-15-14-5-1-2-6-16(14)25-21-15)22-9-3-4-13(12-22)24-17-11-19-7-8-20-17/h1-2,5-8,11,13H,3-4,9-10,12H2/t13-/m1/s1. The molecular formula is C18H18N4O3. The van der Waals surface area contributed by atoms with Crippen molar-refractivity contribution in [2.75, 3.05) is 13.1 Å². The van der Waals surface area contributed by atoms with Crippen LogP contribution in [-0.2, 0) is 11.2 Å². The van der Waals surface area contributed by atoms with Crippen LogP contribution in [0.3, 0.4) is 0 Å². The monoisotopic (exact) mass is 338 g/mol. The van der Waals surface area contributed by atoms with Crippen LogP contribution < -0.4 is 4.74 Å². The molecule has 128 valence electrons. The van der Waals surface area contributed by atoms with Crippen molar-refractivity contribution in [1.29, 1.82) is 0 Å². The van der Waals surface area contributed by atoms with Crippen molar-refractivity contribution in [3.8, 4) is 5.88 Å². The zero-order valence-corrected chi connectivity index (χ0v) is 13.7. The fourth-order valence-corrected chi connectivity index (χ4v) is 3.10. The molecule has 0 N–H and O–H groups in total. The summed E-state index contributed by atoms with van der Waals surface area (Å²) in [5, 5.41) is 4.93. The Morgan fingerprint density at radius 2 is 2.24 bits per heavy atom. The first-order chi connectivity index (χ1) is 12.3. The molecule has 4 rings (SSSR count). The predicted octanol–water partition coefficient (Wildman–Crippen LogP) is 2.23. The highest BCUT2D eigenvalue weighted by Gasteiger charge is 2.26. The molecule has 1 aliphatic rings. The third-order valence-electron chi connectivity index (χ3n) is 4.33. The molecule has 0 aliphatic carbocycles. The van der Waals surface area contributed by atoms with Gasteiger partial charge in [-0.05, 0) is 25.0 Å². The van der Waals surface area contributed by atoms with E-state index in [0.29, 0.717) is 23.7 Å². The Morgan fingerprint density at radius 1 is 1.32 bits per heavy atom. The Kier molecular flexibility index (Phi) is 4.28. The van der Waals surface area contributed by atoms with E-state index < -0.39 is 0 Å². The van der Waals surface area contributed by atoms with Crippen molar-refractivity contribution in [2.24, 2.45) is 0 Å². The van der Waals surface area contributed by atoms with Gasteiger partial charge in [-0.25, -0.2) is 4.98 Å². The van der Waals surface area contributed by atoms with Crippen LogP contribution in [0.15, 0.2) is 47.4 Å². The summed E-state index contributed by atoms with van der Waals surface area (Å²) in [4.78, 5) is 22.6. The molecule has 7 nitrogen and oxygen atoms in total. The van der Waals surface area contributed by atoms with Gasteiger partial charge in [0.25, 0.3) is 0 Å². The SMILES string of the molecule is O=C(Cc1noc2ccccc12)N1CCC[C@@H](Oc2cnccn2)C1. The maximum absolute atomic E-state index is 12.7. The maximum atomic E-state index is 12.7. The minimum absolute atomic E-state index is 0.0338. The number of ether oxygens (including phenoxy) is 1. The summed E-state index contributed by atoms with van der Waals surface area (Å²) in [6.07, 6.45) is 6.74. The van der Waals surface area contributed by atoms with Gasteiger partial charge in [-0.3, -0.25) is 9.78 Å². The number of hydrogen-bond acceptors (Lipinski definition) is 6. The number of amides is 1. The van der Waals surface area contributed by atoms with Crippen LogP contribution in [-0.4, -0.2) is 45.1 Å². The highest BCUT2D eigenvalue weighted by Crippen LogP contribution is 2.20. The van der Waals surface area contributed by atoms with Gasteiger partial charge in [-0.2, -0.15) is 0 Å². The molecule has 1 fully saturated rings. The van der Waals surface area contributed by atoms with Gasteiger partial charge in [0.1, 0.15) is 11.8 Å². The summed E-state index contributed by atoms with van der Waals surface area (Å²) in [6.45, 7) is 1.28. The lowest BCUT2D eigenvalue weighted by atomic mass is 10.1. The largest absolute Gasteiger partial charge is 0.471 e. The highest BCUT2D eigenvalue weighted by atomic mass is 16.5. The minimum Gasteiger partial charge on any atom is -0.471 e. The molecule has 0 saturated carbocycles. The van der Waals surface area contributed by atoms with Crippen LogP contribution in [0.1, 0.15) is 18.5 Å². The molecule has 1 aromatic carbocycles. The second kappa shape index (κ2) is 6.88. The van der Waals surface area contributed by atoms with Crippen LogP contribution >= 0.6 is 0 Å². The fourth-order valence-electron chi connectivity index (χ4n) is 3.10. The number of hydrogen-bond donors (Lipinski definition) is 0. The van der Waals surface area contributed by atoms with Gasteiger partial charge in [0.2, 0.25) is 11.8 Å². The number of piperidine rings is 1. The van der Waals surface area contributed by atoms with Gasteiger partial charge >= 0.3 is 0 Å². The van der Waals surface area contributed by atoms with Crippen molar-refractivity contribution in [1.82, 2.24) is 20.0 Å². The van der Waals surface area contributed by atoms with Gasteiger partial charge in [-0.15, -0.1) is 0 Å². The molecule has 7 heteroatoms. The summed E-state index contributed by atoms with van der Waals surface area (Å²) < 4.78 is 11.1. The van der Waals surface area contributed by atoms with E-state index >= 15 is 0 Å². The van der Waals surface area contributed by atoms with E-state index in [1.165, 1.54) is 0 Å². The first-order valence-electron chi connectivity index (χ1n) is 8.33. The van der Waals surface area contributed by atoms with Crippen LogP contribution in [0.2, 0.25) is 0 Å². The lowest BCUT2D eigenvalue weighted by Crippen LogP contribution is -2.45. The van der Waals surface area contributed by atoms with E-state index in [-0.39, 0.29) is 18.4 Å². The summed E-state index contributed by atoms with van der Waals surface area (Å²) in [5.41, 5.74) is 1.38. The molecule has 3 heterocycles. The zero-order valence-electron chi connectivity index (χ0n) is 13.7. The molecule has 0 bridgehead atoms. The van der Waals surface area contributed by atoms with Gasteiger partial charge in [-0.1, -0.05) is 17.3 Å². The van der Waals surface area contributed by atoms with E-state index in [1.54, 1.807) is 18.6 Å². The second-order valence-electron chi connectivity index (χ2n) is 6.07. The van der Waals surface area contributed by atoms with Gasteiger partial charge < -0.3 is 14.2 Å². The molecule has 1 atom stereocenters. The van der Waals surface area contributed by atoms with Crippen molar-refractivity contribution in [3.63, 3.8) is 0 Å². The molecule has 25 heavy (non-hydrogen) atoms. The second-order valence-corrected chi connectivity index (χ2v) is 6.07. The average Bonchev–Trinajstić information content (AvgIpc) is 3.06. The first kappa shape index (κ1) is 15.6. The molecule has 0 unspecified atom stereocenters. The normalized spacial score (nSPS) is 17.6. The molecule has 0 radical (unpaired) electrons. The van der Waals surface area contributed by atoms with Crippen LogP contribution in [0, 0.1) is 0 Å². The van der Waals surface area contributed by atoms with E-state index in [2.05, 4.69) is 15.1 Å². The van der Waals surface area contributed by atoms with Crippen molar-refractivity contribution in [2.45, 2.75) is 25.4 Å². The number of aromatic nitrogens is 3. The highest BCUT2D eigenvalue weighted by molar-refractivity contribution is 5.86. The summed E-state index contributed by atoms with van der Waals surface area (Å²) in [5.74, 6) is 0.524. The minimum atomic E-state index is -0.0662. The maximum Gasteiger partial charge on any atom is 0.232 e. The molecule has 1 aliphatic heterocycles. The number of carbonyl (C=O) groups is 1. The third-order valence-corrected chi connectivity index (χ3v) is 4.33. The Labute approximate surface area is 144 Å². The smallest absolute Gasteiger partial charge is 0.232 e. The summed E-state index contributed by atoms with van der Waals surface area (Å²) in [6, 6.07) is 7.57. The Hall–Kier alpha value is -2.96. The topological polar surface area (TPSA) is 81.4 Å². The van der Waals surface area contributed by atoms with Gasteiger partial charge in [0.15, 0.2) is 5.58 Å². The summed E-state index contributed by atoms with van der Waals surface area (Å²) in [7, 11) is 0. The zero-order chi connectivity index (χ0) is 17.1. The molecule has 0 spiro atoms. The number of carbonyl (C=O) groups excluding carboxylic acids is 1.